The van der Waals surface area contributed by atoms with E-state index in [9.17, 15) is 4.79 Å². The van der Waals surface area contributed by atoms with Crippen LogP contribution in [0, 0.1) is 0 Å². The standard InChI is InChI=1S/C10H21N3O/c1-8(2)13-6-4-5-12(3)9(7-11)10(13)14/h8-9H,4-7,11H2,1-3H3. The van der Waals surface area contributed by atoms with E-state index in [0.29, 0.717) is 6.54 Å². The minimum Gasteiger partial charge on any atom is -0.339 e. The third kappa shape index (κ3) is 2.25. The normalized spacial score (nSPS) is 25.6. The van der Waals surface area contributed by atoms with Crippen molar-refractivity contribution < 1.29 is 4.79 Å². The Hall–Kier alpha value is -0.610. The molecule has 0 bridgehead atoms. The fourth-order valence-electron chi connectivity index (χ4n) is 1.93. The first kappa shape index (κ1) is 11.5. The van der Waals surface area contributed by atoms with Gasteiger partial charge in [0.15, 0.2) is 0 Å². The molecule has 1 atom stereocenters. The maximum absolute atomic E-state index is 12.0. The predicted octanol–water partition coefficient (Wildman–Crippen LogP) is -0.114. The number of carbonyl (C=O) groups excluding carboxylic acids is 1. The zero-order chi connectivity index (χ0) is 10.7. The van der Waals surface area contributed by atoms with E-state index in [1.165, 1.54) is 0 Å². The Bertz CT molecular complexity index is 202. The van der Waals surface area contributed by atoms with Crippen LogP contribution in [-0.4, -0.2) is 54.5 Å². The van der Waals surface area contributed by atoms with E-state index in [1.54, 1.807) is 0 Å². The maximum atomic E-state index is 12.0. The van der Waals surface area contributed by atoms with Crippen LogP contribution in [0.15, 0.2) is 0 Å². The molecule has 0 aliphatic carbocycles. The van der Waals surface area contributed by atoms with Gasteiger partial charge in [0.2, 0.25) is 5.91 Å². The lowest BCUT2D eigenvalue weighted by atomic mass is 10.2. The van der Waals surface area contributed by atoms with Crippen molar-refractivity contribution >= 4 is 5.91 Å². The number of carbonyl (C=O) groups is 1. The molecule has 1 fully saturated rings. The number of hydrogen-bond donors (Lipinski definition) is 1. The summed E-state index contributed by atoms with van der Waals surface area (Å²) in [6.45, 7) is 6.33. The zero-order valence-corrected chi connectivity index (χ0v) is 9.36. The van der Waals surface area contributed by atoms with E-state index in [1.807, 2.05) is 11.9 Å². The Morgan fingerprint density at radius 3 is 2.64 bits per heavy atom. The number of nitrogens with two attached hydrogens (primary N) is 1. The van der Waals surface area contributed by atoms with Crippen molar-refractivity contribution in [3.63, 3.8) is 0 Å². The molecule has 14 heavy (non-hydrogen) atoms. The van der Waals surface area contributed by atoms with Gasteiger partial charge in [-0.3, -0.25) is 9.69 Å². The predicted molar refractivity (Wildman–Crippen MR) is 56.9 cm³/mol. The van der Waals surface area contributed by atoms with E-state index in [-0.39, 0.29) is 18.0 Å². The number of hydrogen-bond acceptors (Lipinski definition) is 3. The van der Waals surface area contributed by atoms with Gasteiger partial charge in [0.1, 0.15) is 6.04 Å². The number of nitrogens with zero attached hydrogens (tertiary/aromatic N) is 2. The van der Waals surface area contributed by atoms with Gasteiger partial charge in [-0.1, -0.05) is 0 Å². The average molecular weight is 199 g/mol. The van der Waals surface area contributed by atoms with Crippen molar-refractivity contribution in [3.05, 3.63) is 0 Å². The molecule has 4 nitrogen and oxygen atoms in total. The van der Waals surface area contributed by atoms with Gasteiger partial charge in [-0.15, -0.1) is 0 Å². The van der Waals surface area contributed by atoms with Crippen molar-refractivity contribution in [2.24, 2.45) is 5.73 Å². The van der Waals surface area contributed by atoms with Crippen LogP contribution in [-0.2, 0) is 4.79 Å². The third-order valence-electron chi connectivity index (χ3n) is 2.86. The highest BCUT2D eigenvalue weighted by Crippen LogP contribution is 2.11. The molecule has 0 aromatic rings. The third-order valence-corrected chi connectivity index (χ3v) is 2.86. The summed E-state index contributed by atoms with van der Waals surface area (Å²) >= 11 is 0. The lowest BCUT2D eigenvalue weighted by molar-refractivity contribution is -0.136. The highest BCUT2D eigenvalue weighted by molar-refractivity contribution is 5.82. The summed E-state index contributed by atoms with van der Waals surface area (Å²) in [7, 11) is 1.97. The average Bonchev–Trinajstić information content (AvgIpc) is 2.25. The monoisotopic (exact) mass is 199 g/mol. The van der Waals surface area contributed by atoms with Crippen molar-refractivity contribution in [1.82, 2.24) is 9.80 Å². The molecule has 1 aliphatic heterocycles. The lowest BCUT2D eigenvalue weighted by Gasteiger charge is -2.29. The van der Waals surface area contributed by atoms with Crippen molar-refractivity contribution in [1.29, 1.82) is 0 Å². The van der Waals surface area contributed by atoms with Crippen LogP contribution in [0.3, 0.4) is 0 Å². The van der Waals surface area contributed by atoms with Crippen molar-refractivity contribution in [2.75, 3.05) is 26.7 Å². The van der Waals surface area contributed by atoms with Gasteiger partial charge in [-0.2, -0.15) is 0 Å². The summed E-state index contributed by atoms with van der Waals surface area (Å²) in [4.78, 5) is 16.0. The molecule has 1 unspecified atom stereocenters. The number of likely N-dealkylation sites (N-methyl/N-ethyl adjacent to an activating group) is 1. The minimum absolute atomic E-state index is 0.125. The summed E-state index contributed by atoms with van der Waals surface area (Å²) in [5.74, 6) is 0.183. The second-order valence-electron chi connectivity index (χ2n) is 4.21. The molecule has 0 aromatic heterocycles. The van der Waals surface area contributed by atoms with E-state index >= 15 is 0 Å². The van der Waals surface area contributed by atoms with Crippen molar-refractivity contribution in [3.8, 4) is 0 Å². The molecule has 1 amide bonds. The summed E-state index contributed by atoms with van der Waals surface area (Å²) in [5, 5.41) is 0. The van der Waals surface area contributed by atoms with Gasteiger partial charge in [0.25, 0.3) is 0 Å². The molecule has 1 heterocycles. The maximum Gasteiger partial charge on any atom is 0.241 e. The first-order chi connectivity index (χ1) is 6.57. The molecular weight excluding hydrogens is 178 g/mol. The van der Waals surface area contributed by atoms with E-state index in [4.69, 9.17) is 5.73 Å². The van der Waals surface area contributed by atoms with Crippen LogP contribution in [0.5, 0.6) is 0 Å². The fourth-order valence-corrected chi connectivity index (χ4v) is 1.93. The topological polar surface area (TPSA) is 49.6 Å². The van der Waals surface area contributed by atoms with E-state index in [2.05, 4.69) is 18.7 Å². The summed E-state index contributed by atoms with van der Waals surface area (Å²) in [6, 6.07) is 0.156. The number of amides is 1. The van der Waals surface area contributed by atoms with Crippen LogP contribution < -0.4 is 5.73 Å². The zero-order valence-electron chi connectivity index (χ0n) is 9.36. The lowest BCUT2D eigenvalue weighted by Crippen LogP contribution is -2.50. The number of rotatable bonds is 2. The molecule has 2 N–H and O–H groups in total. The second-order valence-corrected chi connectivity index (χ2v) is 4.21. The van der Waals surface area contributed by atoms with Crippen LogP contribution in [0.4, 0.5) is 0 Å². The molecule has 1 aliphatic rings. The first-order valence-corrected chi connectivity index (χ1v) is 5.28. The first-order valence-electron chi connectivity index (χ1n) is 5.28. The summed E-state index contributed by atoms with van der Waals surface area (Å²) in [5.41, 5.74) is 5.63. The Balaban J connectivity index is 2.78. The highest BCUT2D eigenvalue weighted by Gasteiger charge is 2.30. The Kier molecular flexibility index (Phi) is 3.89. The van der Waals surface area contributed by atoms with Gasteiger partial charge in [0, 0.05) is 25.7 Å². The molecule has 0 spiro atoms. The molecule has 4 heteroatoms. The molecule has 0 radical (unpaired) electrons. The Morgan fingerprint density at radius 2 is 2.14 bits per heavy atom. The molecular formula is C10H21N3O. The van der Waals surface area contributed by atoms with Crippen molar-refractivity contribution in [2.45, 2.75) is 32.4 Å². The van der Waals surface area contributed by atoms with Crippen LogP contribution in [0.2, 0.25) is 0 Å². The Labute approximate surface area is 86.0 Å². The molecule has 1 saturated heterocycles. The molecule has 0 saturated carbocycles. The van der Waals surface area contributed by atoms with Gasteiger partial charge in [-0.05, 0) is 27.3 Å². The van der Waals surface area contributed by atoms with Gasteiger partial charge < -0.3 is 10.6 Å². The minimum atomic E-state index is -0.125. The molecule has 0 aromatic carbocycles. The van der Waals surface area contributed by atoms with E-state index < -0.39 is 0 Å². The second kappa shape index (κ2) is 4.75. The largest absolute Gasteiger partial charge is 0.339 e. The van der Waals surface area contributed by atoms with Gasteiger partial charge in [-0.25, -0.2) is 0 Å². The fraction of sp³-hybridized carbons (Fsp3) is 0.900. The van der Waals surface area contributed by atoms with Gasteiger partial charge in [0.05, 0.1) is 0 Å². The quantitative estimate of drug-likeness (QED) is 0.675. The van der Waals surface area contributed by atoms with E-state index in [0.717, 1.165) is 19.5 Å². The highest BCUT2D eigenvalue weighted by atomic mass is 16.2. The van der Waals surface area contributed by atoms with Crippen LogP contribution in [0.1, 0.15) is 20.3 Å². The smallest absolute Gasteiger partial charge is 0.241 e. The molecule has 82 valence electrons. The van der Waals surface area contributed by atoms with Gasteiger partial charge >= 0.3 is 0 Å². The van der Waals surface area contributed by atoms with Crippen LogP contribution in [0.25, 0.3) is 0 Å². The SMILES string of the molecule is CC(C)N1CCCN(C)C(CN)C1=O. The molecule has 1 rings (SSSR count). The van der Waals surface area contributed by atoms with Crippen LogP contribution >= 0.6 is 0 Å². The summed E-state index contributed by atoms with van der Waals surface area (Å²) < 4.78 is 0. The summed E-state index contributed by atoms with van der Waals surface area (Å²) in [6.07, 6.45) is 1.04. The Morgan fingerprint density at radius 1 is 1.50 bits per heavy atom.